The molecule has 0 saturated heterocycles. The Kier molecular flexibility index (Phi) is 2.65. The molecule has 0 heterocycles. The highest BCUT2D eigenvalue weighted by molar-refractivity contribution is 5.41. The van der Waals surface area contributed by atoms with Crippen LogP contribution < -0.4 is 4.74 Å². The van der Waals surface area contributed by atoms with E-state index >= 15 is 0 Å². The van der Waals surface area contributed by atoms with Crippen LogP contribution in [0.5, 0.6) is 5.75 Å². The zero-order valence-electron chi connectivity index (χ0n) is 6.93. The maximum atomic E-state index is 11.8. The molecular formula is C9H5F3NO. The zero-order valence-corrected chi connectivity index (χ0v) is 6.93. The van der Waals surface area contributed by atoms with Crippen molar-refractivity contribution >= 4 is 0 Å². The van der Waals surface area contributed by atoms with Crippen molar-refractivity contribution in [3.63, 3.8) is 0 Å². The molecule has 0 amide bonds. The lowest BCUT2D eigenvalue weighted by atomic mass is 10.1. The fourth-order valence-electron chi connectivity index (χ4n) is 0.918. The number of ether oxygens (including phenoxy) is 1. The van der Waals surface area contributed by atoms with Gasteiger partial charge in [0.05, 0.1) is 11.6 Å². The van der Waals surface area contributed by atoms with E-state index in [0.717, 1.165) is 12.1 Å². The summed E-state index contributed by atoms with van der Waals surface area (Å²) in [5.41, 5.74) is 0.375. The van der Waals surface area contributed by atoms with E-state index in [1.54, 1.807) is 6.07 Å². The molecule has 0 aromatic heterocycles. The lowest BCUT2D eigenvalue weighted by Gasteiger charge is -2.09. The third-order valence-electron chi connectivity index (χ3n) is 1.33. The molecule has 1 rings (SSSR count). The van der Waals surface area contributed by atoms with Gasteiger partial charge in [0.15, 0.2) is 0 Å². The molecule has 0 aliphatic carbocycles. The van der Waals surface area contributed by atoms with Crippen LogP contribution in [0.25, 0.3) is 0 Å². The van der Waals surface area contributed by atoms with Crippen LogP contribution in [0, 0.1) is 18.3 Å². The van der Waals surface area contributed by atoms with Crippen LogP contribution in [0.2, 0.25) is 0 Å². The topological polar surface area (TPSA) is 33.0 Å². The summed E-state index contributed by atoms with van der Waals surface area (Å²) < 4.78 is 39.0. The Morgan fingerprint density at radius 1 is 1.29 bits per heavy atom. The van der Waals surface area contributed by atoms with Gasteiger partial charge in [0, 0.05) is 0 Å². The molecule has 1 aromatic rings. The van der Waals surface area contributed by atoms with Gasteiger partial charge in [-0.05, 0) is 30.7 Å². The Morgan fingerprint density at radius 3 is 2.43 bits per heavy atom. The van der Waals surface area contributed by atoms with Crippen molar-refractivity contribution in [3.05, 3.63) is 36.2 Å². The maximum absolute atomic E-state index is 11.8. The van der Waals surface area contributed by atoms with E-state index in [4.69, 9.17) is 5.26 Å². The molecule has 2 nitrogen and oxygen atoms in total. The van der Waals surface area contributed by atoms with Gasteiger partial charge in [0.1, 0.15) is 5.75 Å². The normalized spacial score (nSPS) is 10.8. The van der Waals surface area contributed by atoms with Gasteiger partial charge >= 0.3 is 6.36 Å². The molecule has 0 bridgehead atoms. The lowest BCUT2D eigenvalue weighted by molar-refractivity contribution is -0.274. The molecule has 0 atom stereocenters. The minimum Gasteiger partial charge on any atom is -0.406 e. The van der Waals surface area contributed by atoms with Crippen molar-refractivity contribution in [2.75, 3.05) is 0 Å². The summed E-state index contributed by atoms with van der Waals surface area (Å²) in [6.45, 7) is 3.42. The van der Waals surface area contributed by atoms with Crippen molar-refractivity contribution in [2.45, 2.75) is 6.36 Å². The van der Waals surface area contributed by atoms with E-state index in [0.29, 0.717) is 5.56 Å². The molecule has 0 N–H and O–H groups in total. The minimum atomic E-state index is -4.75. The molecule has 0 fully saturated rings. The highest BCUT2D eigenvalue weighted by atomic mass is 19.4. The Bertz CT molecular complexity index is 379. The molecule has 73 valence electrons. The lowest BCUT2D eigenvalue weighted by Crippen LogP contribution is -2.17. The molecule has 0 saturated carbocycles. The first-order chi connectivity index (χ1) is 6.40. The van der Waals surface area contributed by atoms with E-state index in [-0.39, 0.29) is 5.56 Å². The van der Waals surface area contributed by atoms with Crippen LogP contribution in [0.15, 0.2) is 18.2 Å². The Morgan fingerprint density at radius 2 is 1.93 bits per heavy atom. The second kappa shape index (κ2) is 3.58. The van der Waals surface area contributed by atoms with Gasteiger partial charge in [-0.25, -0.2) is 0 Å². The van der Waals surface area contributed by atoms with Crippen molar-refractivity contribution in [2.24, 2.45) is 0 Å². The molecule has 1 radical (unpaired) electrons. The second-order valence-electron chi connectivity index (χ2n) is 2.53. The number of hydrogen-bond acceptors (Lipinski definition) is 2. The van der Waals surface area contributed by atoms with E-state index in [2.05, 4.69) is 11.7 Å². The van der Waals surface area contributed by atoms with E-state index in [1.165, 1.54) is 6.07 Å². The van der Waals surface area contributed by atoms with Crippen LogP contribution >= 0.6 is 0 Å². The molecule has 0 unspecified atom stereocenters. The van der Waals surface area contributed by atoms with Crippen LogP contribution in [-0.4, -0.2) is 6.36 Å². The summed E-state index contributed by atoms with van der Waals surface area (Å²) in [5, 5.41) is 8.47. The van der Waals surface area contributed by atoms with Gasteiger partial charge in [0.25, 0.3) is 0 Å². The zero-order chi connectivity index (χ0) is 10.8. The van der Waals surface area contributed by atoms with E-state index in [9.17, 15) is 13.2 Å². The number of alkyl halides is 3. The van der Waals surface area contributed by atoms with Gasteiger partial charge < -0.3 is 4.74 Å². The fourth-order valence-corrected chi connectivity index (χ4v) is 0.918. The molecule has 1 aromatic carbocycles. The van der Waals surface area contributed by atoms with Crippen molar-refractivity contribution in [1.29, 1.82) is 5.26 Å². The van der Waals surface area contributed by atoms with Crippen LogP contribution in [0.4, 0.5) is 13.2 Å². The van der Waals surface area contributed by atoms with Crippen molar-refractivity contribution in [1.82, 2.24) is 0 Å². The quantitative estimate of drug-likeness (QED) is 0.698. The van der Waals surface area contributed by atoms with Gasteiger partial charge in [-0.2, -0.15) is 5.26 Å². The number of nitrogens with zero attached hydrogens (tertiary/aromatic N) is 1. The summed E-state index contributed by atoms with van der Waals surface area (Å²) in [7, 11) is 0. The predicted octanol–water partition coefficient (Wildman–Crippen LogP) is 2.64. The van der Waals surface area contributed by atoms with Gasteiger partial charge in [0.2, 0.25) is 0 Å². The predicted molar refractivity (Wildman–Crippen MR) is 42.3 cm³/mol. The Balaban J connectivity index is 3.00. The second-order valence-corrected chi connectivity index (χ2v) is 2.53. The number of hydrogen-bond donors (Lipinski definition) is 0. The first-order valence-electron chi connectivity index (χ1n) is 3.53. The average Bonchev–Trinajstić information content (AvgIpc) is 1.99. The Labute approximate surface area is 78.5 Å². The fraction of sp³-hybridized carbons (Fsp3) is 0.111. The molecule has 14 heavy (non-hydrogen) atoms. The molecule has 5 heteroatoms. The van der Waals surface area contributed by atoms with Crippen LogP contribution in [0.3, 0.4) is 0 Å². The average molecular weight is 200 g/mol. The number of nitriles is 1. The number of benzene rings is 1. The summed E-state index contributed by atoms with van der Waals surface area (Å²) in [5.74, 6) is -0.429. The third kappa shape index (κ3) is 2.98. The molecule has 0 aliphatic heterocycles. The summed E-state index contributed by atoms with van der Waals surface area (Å²) in [6, 6.07) is 5.18. The minimum absolute atomic E-state index is 0.0803. The third-order valence-corrected chi connectivity index (χ3v) is 1.33. The molecule has 0 aliphatic rings. The van der Waals surface area contributed by atoms with Gasteiger partial charge in [-0.1, -0.05) is 0 Å². The van der Waals surface area contributed by atoms with Crippen molar-refractivity contribution in [3.8, 4) is 11.8 Å². The van der Waals surface area contributed by atoms with Crippen LogP contribution in [0.1, 0.15) is 11.1 Å². The van der Waals surface area contributed by atoms with E-state index in [1.807, 2.05) is 0 Å². The van der Waals surface area contributed by atoms with Gasteiger partial charge in [-0.3, -0.25) is 0 Å². The number of rotatable bonds is 1. The van der Waals surface area contributed by atoms with Crippen molar-refractivity contribution < 1.29 is 17.9 Å². The smallest absolute Gasteiger partial charge is 0.406 e. The largest absolute Gasteiger partial charge is 0.573 e. The standard InChI is InChI=1S/C9H5F3NO/c1-6-2-7(5-13)4-8(3-6)14-9(10,11)12/h2-4H,1H2. The first kappa shape index (κ1) is 10.4. The maximum Gasteiger partial charge on any atom is 0.573 e. The molecular weight excluding hydrogens is 195 g/mol. The SMILES string of the molecule is [CH2]c1cc(C#N)cc(OC(F)(F)F)c1. The summed E-state index contributed by atoms with van der Waals surface area (Å²) in [4.78, 5) is 0. The summed E-state index contributed by atoms with van der Waals surface area (Å²) >= 11 is 0. The van der Waals surface area contributed by atoms with Gasteiger partial charge in [-0.15, -0.1) is 13.2 Å². The summed E-state index contributed by atoms with van der Waals surface area (Å²) in [6.07, 6.45) is -4.75. The first-order valence-corrected chi connectivity index (χ1v) is 3.53. The highest BCUT2D eigenvalue weighted by Gasteiger charge is 2.31. The molecule has 0 spiro atoms. The van der Waals surface area contributed by atoms with Crippen LogP contribution in [-0.2, 0) is 0 Å². The number of halogens is 3. The monoisotopic (exact) mass is 200 g/mol. The Hall–Kier alpha value is -1.70. The van der Waals surface area contributed by atoms with E-state index < -0.39 is 12.1 Å². The highest BCUT2D eigenvalue weighted by Crippen LogP contribution is 2.24.